The van der Waals surface area contributed by atoms with Gasteiger partial charge in [-0.1, -0.05) is 48.5 Å². The van der Waals surface area contributed by atoms with E-state index < -0.39 is 11.9 Å². The highest BCUT2D eigenvalue weighted by Gasteiger charge is 2.12. The number of nitrogens with zero attached hydrogens (tertiary/aromatic N) is 1. The van der Waals surface area contributed by atoms with Gasteiger partial charge >= 0.3 is 5.97 Å². The van der Waals surface area contributed by atoms with Gasteiger partial charge in [-0.15, -0.1) is 0 Å². The van der Waals surface area contributed by atoms with Gasteiger partial charge in [0.1, 0.15) is 5.75 Å². The lowest BCUT2D eigenvalue weighted by atomic mass is 10.0. The topological polar surface area (TPSA) is 86.2 Å². The summed E-state index contributed by atoms with van der Waals surface area (Å²) in [6, 6.07) is 27.1. The Balaban J connectivity index is 1.29. The van der Waals surface area contributed by atoms with E-state index in [1.165, 1.54) is 6.21 Å². The zero-order valence-corrected chi connectivity index (χ0v) is 19.1. The van der Waals surface area contributed by atoms with Crippen LogP contribution in [0.25, 0.3) is 10.8 Å². The summed E-state index contributed by atoms with van der Waals surface area (Å²) in [6.07, 6.45) is 1.49. The maximum absolute atomic E-state index is 12.7. The Kier molecular flexibility index (Phi) is 7.70. The van der Waals surface area contributed by atoms with Crippen molar-refractivity contribution >= 4 is 28.9 Å². The Hall–Kier alpha value is -4.65. The van der Waals surface area contributed by atoms with Crippen molar-refractivity contribution in [3.63, 3.8) is 0 Å². The molecule has 7 heteroatoms. The molecule has 1 N–H and O–H groups in total. The highest BCUT2D eigenvalue weighted by Crippen LogP contribution is 2.26. The van der Waals surface area contributed by atoms with Crippen molar-refractivity contribution in [3.8, 4) is 17.2 Å². The molecule has 4 aromatic carbocycles. The summed E-state index contributed by atoms with van der Waals surface area (Å²) < 4.78 is 16.5. The fourth-order valence-electron chi connectivity index (χ4n) is 3.39. The first-order valence-electron chi connectivity index (χ1n) is 11.1. The van der Waals surface area contributed by atoms with Crippen molar-refractivity contribution in [1.29, 1.82) is 0 Å². The smallest absolute Gasteiger partial charge is 0.344 e. The van der Waals surface area contributed by atoms with E-state index in [0.29, 0.717) is 29.4 Å². The average molecular weight is 469 g/mol. The van der Waals surface area contributed by atoms with Crippen LogP contribution in [0.3, 0.4) is 0 Å². The third-order valence-corrected chi connectivity index (χ3v) is 5.01. The van der Waals surface area contributed by atoms with Gasteiger partial charge in [0.2, 0.25) is 0 Å². The van der Waals surface area contributed by atoms with Crippen LogP contribution in [0.15, 0.2) is 96.1 Å². The van der Waals surface area contributed by atoms with Crippen molar-refractivity contribution in [2.45, 2.75) is 6.92 Å². The second-order valence-electron chi connectivity index (χ2n) is 7.45. The summed E-state index contributed by atoms with van der Waals surface area (Å²) in [7, 11) is 0. The number of hydrogen-bond acceptors (Lipinski definition) is 6. The fourth-order valence-corrected chi connectivity index (χ4v) is 3.39. The summed E-state index contributed by atoms with van der Waals surface area (Å²) in [5.74, 6) is 0.634. The van der Waals surface area contributed by atoms with Gasteiger partial charge in [-0.05, 0) is 65.7 Å². The van der Waals surface area contributed by atoms with E-state index in [-0.39, 0.29) is 6.61 Å². The molecular formula is C28H24N2O5. The van der Waals surface area contributed by atoms with Crippen LogP contribution < -0.4 is 19.6 Å². The number of hydrazone groups is 1. The largest absolute Gasteiger partial charge is 0.490 e. The number of hydrogen-bond donors (Lipinski definition) is 1. The maximum Gasteiger partial charge on any atom is 0.344 e. The maximum atomic E-state index is 12.7. The predicted octanol–water partition coefficient (Wildman–Crippen LogP) is 4.99. The molecule has 0 unspecified atom stereocenters. The molecule has 0 saturated carbocycles. The Morgan fingerprint density at radius 2 is 1.51 bits per heavy atom. The van der Waals surface area contributed by atoms with E-state index in [0.717, 1.165) is 16.3 Å². The first-order valence-corrected chi connectivity index (χ1v) is 11.1. The molecule has 35 heavy (non-hydrogen) atoms. The highest BCUT2D eigenvalue weighted by atomic mass is 16.5. The Morgan fingerprint density at radius 3 is 2.29 bits per heavy atom. The molecule has 176 valence electrons. The van der Waals surface area contributed by atoms with Gasteiger partial charge in [0.15, 0.2) is 18.1 Å². The van der Waals surface area contributed by atoms with Gasteiger partial charge in [0.05, 0.1) is 18.4 Å². The van der Waals surface area contributed by atoms with Gasteiger partial charge in [-0.2, -0.15) is 5.10 Å². The molecule has 4 rings (SSSR count). The standard InChI is InChI=1S/C28H24N2O5/c1-2-33-25-12-5-6-13-26(25)34-19-27(31)30-29-18-20-14-16-22(17-15-20)35-28(32)24-11-7-9-21-8-3-4-10-23(21)24/h3-18H,2,19H2,1H3,(H,30,31)/b29-18-. The summed E-state index contributed by atoms with van der Waals surface area (Å²) in [5, 5.41) is 5.75. The number of amides is 1. The van der Waals surface area contributed by atoms with Crippen LogP contribution in [-0.4, -0.2) is 31.3 Å². The molecule has 0 aliphatic heterocycles. The monoisotopic (exact) mass is 468 g/mol. The lowest BCUT2D eigenvalue weighted by molar-refractivity contribution is -0.123. The molecule has 0 aromatic heterocycles. The average Bonchev–Trinajstić information content (AvgIpc) is 2.89. The number of esters is 1. The van der Waals surface area contributed by atoms with E-state index >= 15 is 0 Å². The van der Waals surface area contributed by atoms with E-state index in [1.54, 1.807) is 48.5 Å². The number of carbonyl (C=O) groups excluding carboxylic acids is 2. The second-order valence-corrected chi connectivity index (χ2v) is 7.45. The number of fused-ring (bicyclic) bond motifs is 1. The van der Waals surface area contributed by atoms with Crippen LogP contribution in [0.4, 0.5) is 0 Å². The number of rotatable bonds is 9. The van der Waals surface area contributed by atoms with Gasteiger partial charge in [-0.3, -0.25) is 4.79 Å². The Bertz CT molecular complexity index is 1340. The molecular weight excluding hydrogens is 444 g/mol. The molecule has 7 nitrogen and oxygen atoms in total. The second kappa shape index (κ2) is 11.5. The first kappa shape index (κ1) is 23.5. The minimum atomic E-state index is -0.429. The van der Waals surface area contributed by atoms with Crippen LogP contribution in [0, 0.1) is 0 Å². The van der Waals surface area contributed by atoms with Crippen LogP contribution in [0.2, 0.25) is 0 Å². The minimum Gasteiger partial charge on any atom is -0.490 e. The fraction of sp³-hybridized carbons (Fsp3) is 0.107. The summed E-state index contributed by atoms with van der Waals surface area (Å²) >= 11 is 0. The van der Waals surface area contributed by atoms with E-state index in [9.17, 15) is 9.59 Å². The minimum absolute atomic E-state index is 0.204. The lowest BCUT2D eigenvalue weighted by Gasteiger charge is -2.10. The number of benzene rings is 4. The summed E-state index contributed by atoms with van der Waals surface area (Å²) in [6.45, 7) is 2.17. The number of ether oxygens (including phenoxy) is 3. The molecule has 0 radical (unpaired) electrons. The van der Waals surface area contributed by atoms with E-state index in [4.69, 9.17) is 14.2 Å². The zero-order chi connectivity index (χ0) is 24.5. The molecule has 0 spiro atoms. The van der Waals surface area contributed by atoms with E-state index in [2.05, 4.69) is 10.5 Å². The number of para-hydroxylation sites is 2. The Labute approximate surface area is 202 Å². The van der Waals surface area contributed by atoms with Crippen molar-refractivity contribution < 1.29 is 23.8 Å². The van der Waals surface area contributed by atoms with Gasteiger partial charge in [0.25, 0.3) is 5.91 Å². The van der Waals surface area contributed by atoms with Crippen molar-refractivity contribution in [3.05, 3.63) is 102 Å². The van der Waals surface area contributed by atoms with Crippen molar-refractivity contribution in [2.24, 2.45) is 5.10 Å². The molecule has 0 fully saturated rings. The highest BCUT2D eigenvalue weighted by molar-refractivity contribution is 6.05. The molecule has 0 aliphatic carbocycles. The Morgan fingerprint density at radius 1 is 0.829 bits per heavy atom. The summed E-state index contributed by atoms with van der Waals surface area (Å²) in [4.78, 5) is 24.7. The predicted molar refractivity (Wildman–Crippen MR) is 134 cm³/mol. The molecule has 0 heterocycles. The SMILES string of the molecule is CCOc1ccccc1OCC(=O)N/N=C\c1ccc(OC(=O)c2cccc3ccccc23)cc1. The third-order valence-electron chi connectivity index (χ3n) is 5.01. The van der Waals surface area contributed by atoms with Gasteiger partial charge in [-0.25, -0.2) is 10.2 Å². The molecule has 1 amide bonds. The van der Waals surface area contributed by atoms with Gasteiger partial charge in [0, 0.05) is 0 Å². The molecule has 4 aromatic rings. The number of nitrogens with one attached hydrogen (secondary N) is 1. The normalized spacial score (nSPS) is 10.8. The quantitative estimate of drug-likeness (QED) is 0.162. The lowest BCUT2D eigenvalue weighted by Crippen LogP contribution is -2.24. The molecule has 0 bridgehead atoms. The van der Waals surface area contributed by atoms with E-state index in [1.807, 2.05) is 49.4 Å². The van der Waals surface area contributed by atoms with Gasteiger partial charge < -0.3 is 14.2 Å². The van der Waals surface area contributed by atoms with Crippen molar-refractivity contribution in [1.82, 2.24) is 5.43 Å². The molecule has 0 saturated heterocycles. The van der Waals surface area contributed by atoms with Crippen molar-refractivity contribution in [2.75, 3.05) is 13.2 Å². The molecule has 0 atom stereocenters. The van der Waals surface area contributed by atoms with Crippen LogP contribution in [0.1, 0.15) is 22.8 Å². The number of carbonyl (C=O) groups is 2. The first-order chi connectivity index (χ1) is 17.1. The summed E-state index contributed by atoms with van der Waals surface area (Å²) in [5.41, 5.74) is 3.64. The van der Waals surface area contributed by atoms with Crippen LogP contribution >= 0.6 is 0 Å². The van der Waals surface area contributed by atoms with Crippen LogP contribution in [0.5, 0.6) is 17.2 Å². The molecule has 0 aliphatic rings. The zero-order valence-electron chi connectivity index (χ0n) is 19.1. The van der Waals surface area contributed by atoms with Crippen LogP contribution in [-0.2, 0) is 4.79 Å². The third kappa shape index (κ3) is 6.23.